The van der Waals surface area contributed by atoms with Gasteiger partial charge in [0.05, 0.1) is 12.9 Å². The van der Waals surface area contributed by atoms with Crippen molar-refractivity contribution in [2.45, 2.75) is 20.8 Å². The van der Waals surface area contributed by atoms with Crippen molar-refractivity contribution in [3.63, 3.8) is 0 Å². The van der Waals surface area contributed by atoms with Crippen molar-refractivity contribution in [1.82, 2.24) is 0 Å². The minimum absolute atomic E-state index is 0.157. The molecule has 0 amide bonds. The summed E-state index contributed by atoms with van der Waals surface area (Å²) in [5.41, 5.74) is 0.805. The first kappa shape index (κ1) is 10.7. The summed E-state index contributed by atoms with van der Waals surface area (Å²) in [5, 5.41) is 0. The third kappa shape index (κ3) is 6.10. The standard InChI is InChI=1S/C6H13O4P/c1-4-9-11(7,8)10-5-6(2)3/h5H,4H2,1-3H3,(H,7,8). The summed E-state index contributed by atoms with van der Waals surface area (Å²) in [6.07, 6.45) is 1.20. The van der Waals surface area contributed by atoms with Crippen LogP contribution in [0.15, 0.2) is 11.8 Å². The van der Waals surface area contributed by atoms with Gasteiger partial charge in [0.2, 0.25) is 0 Å². The van der Waals surface area contributed by atoms with Crippen molar-refractivity contribution < 1.29 is 18.5 Å². The maximum Gasteiger partial charge on any atom is 0.526 e. The maximum atomic E-state index is 10.8. The van der Waals surface area contributed by atoms with Gasteiger partial charge in [0.15, 0.2) is 0 Å². The molecule has 0 rings (SSSR count). The van der Waals surface area contributed by atoms with E-state index in [1.165, 1.54) is 6.26 Å². The van der Waals surface area contributed by atoms with Gasteiger partial charge in [-0.05, 0) is 26.3 Å². The van der Waals surface area contributed by atoms with Crippen LogP contribution in [0.3, 0.4) is 0 Å². The van der Waals surface area contributed by atoms with Crippen LogP contribution in [-0.2, 0) is 13.6 Å². The molecule has 0 aromatic carbocycles. The van der Waals surface area contributed by atoms with E-state index in [2.05, 4.69) is 9.05 Å². The minimum atomic E-state index is -3.82. The van der Waals surface area contributed by atoms with Crippen molar-refractivity contribution in [2.24, 2.45) is 0 Å². The van der Waals surface area contributed by atoms with Gasteiger partial charge in [0, 0.05) is 0 Å². The molecule has 0 aliphatic heterocycles. The average Bonchev–Trinajstić information content (AvgIpc) is 1.84. The molecule has 11 heavy (non-hydrogen) atoms. The Labute approximate surface area is 66.4 Å². The number of hydrogen-bond donors (Lipinski definition) is 1. The lowest BCUT2D eigenvalue weighted by molar-refractivity contribution is 0.195. The largest absolute Gasteiger partial charge is 0.526 e. The lowest BCUT2D eigenvalue weighted by Gasteiger charge is -2.07. The molecule has 0 saturated carbocycles. The summed E-state index contributed by atoms with van der Waals surface area (Å²) in [5.74, 6) is 0. The van der Waals surface area contributed by atoms with Crippen LogP contribution in [-0.4, -0.2) is 11.5 Å². The monoisotopic (exact) mass is 180 g/mol. The van der Waals surface area contributed by atoms with E-state index in [9.17, 15) is 4.57 Å². The Kier molecular flexibility index (Phi) is 4.42. The minimum Gasteiger partial charge on any atom is -0.412 e. The van der Waals surface area contributed by atoms with E-state index in [-0.39, 0.29) is 6.61 Å². The molecular weight excluding hydrogens is 167 g/mol. The predicted molar refractivity (Wildman–Crippen MR) is 42.0 cm³/mol. The van der Waals surface area contributed by atoms with Crippen molar-refractivity contribution in [1.29, 1.82) is 0 Å². The molecule has 66 valence electrons. The second-order valence-corrected chi connectivity index (χ2v) is 3.59. The van der Waals surface area contributed by atoms with Crippen molar-refractivity contribution in [3.8, 4) is 0 Å². The Bertz CT molecular complexity index is 183. The Morgan fingerprint density at radius 1 is 1.64 bits per heavy atom. The molecule has 1 unspecified atom stereocenters. The van der Waals surface area contributed by atoms with Gasteiger partial charge in [0.25, 0.3) is 0 Å². The second kappa shape index (κ2) is 4.54. The zero-order valence-electron chi connectivity index (χ0n) is 6.90. The van der Waals surface area contributed by atoms with Crippen LogP contribution in [0.5, 0.6) is 0 Å². The SMILES string of the molecule is CCOP(=O)(O)OC=C(C)C. The summed E-state index contributed by atoms with van der Waals surface area (Å²) in [6.45, 7) is 5.29. The summed E-state index contributed by atoms with van der Waals surface area (Å²) < 4.78 is 19.7. The predicted octanol–water partition coefficient (Wildman–Crippen LogP) is 2.06. The molecular formula is C6H13O4P. The lowest BCUT2D eigenvalue weighted by Crippen LogP contribution is -1.89. The first-order valence-corrected chi connectivity index (χ1v) is 4.76. The van der Waals surface area contributed by atoms with Gasteiger partial charge in [-0.1, -0.05) is 0 Å². The van der Waals surface area contributed by atoms with Gasteiger partial charge >= 0.3 is 7.82 Å². The molecule has 0 radical (unpaired) electrons. The van der Waals surface area contributed by atoms with Crippen LogP contribution < -0.4 is 0 Å². The summed E-state index contributed by atoms with van der Waals surface area (Å²) in [4.78, 5) is 8.83. The highest BCUT2D eigenvalue weighted by Gasteiger charge is 2.18. The highest BCUT2D eigenvalue weighted by molar-refractivity contribution is 7.47. The smallest absolute Gasteiger partial charge is 0.412 e. The molecule has 5 heteroatoms. The van der Waals surface area contributed by atoms with E-state index in [1.807, 2.05) is 0 Å². The van der Waals surface area contributed by atoms with E-state index in [1.54, 1.807) is 20.8 Å². The van der Waals surface area contributed by atoms with Gasteiger partial charge in [0.1, 0.15) is 0 Å². The molecule has 0 aliphatic carbocycles. The van der Waals surface area contributed by atoms with Crippen molar-refractivity contribution in [2.75, 3.05) is 6.61 Å². The lowest BCUT2D eigenvalue weighted by atomic mass is 10.4. The van der Waals surface area contributed by atoms with Crippen LogP contribution in [0, 0.1) is 0 Å². The van der Waals surface area contributed by atoms with Crippen LogP contribution in [0.25, 0.3) is 0 Å². The fourth-order valence-electron chi connectivity index (χ4n) is 0.366. The number of rotatable bonds is 4. The van der Waals surface area contributed by atoms with Gasteiger partial charge in [-0.25, -0.2) is 4.57 Å². The summed E-state index contributed by atoms with van der Waals surface area (Å²) in [6, 6.07) is 0. The fourth-order valence-corrected chi connectivity index (χ4v) is 1.10. The molecule has 0 aromatic rings. The molecule has 0 heterocycles. The molecule has 4 nitrogen and oxygen atoms in total. The van der Waals surface area contributed by atoms with Crippen LogP contribution in [0.2, 0.25) is 0 Å². The van der Waals surface area contributed by atoms with Crippen LogP contribution in [0.1, 0.15) is 20.8 Å². The highest BCUT2D eigenvalue weighted by Crippen LogP contribution is 2.43. The van der Waals surface area contributed by atoms with E-state index in [0.29, 0.717) is 0 Å². The quantitative estimate of drug-likeness (QED) is 0.531. The Morgan fingerprint density at radius 2 is 2.18 bits per heavy atom. The van der Waals surface area contributed by atoms with E-state index in [4.69, 9.17) is 4.89 Å². The zero-order valence-corrected chi connectivity index (χ0v) is 7.80. The third-order valence-corrected chi connectivity index (χ3v) is 1.67. The molecule has 0 spiro atoms. The summed E-state index contributed by atoms with van der Waals surface area (Å²) >= 11 is 0. The molecule has 1 N–H and O–H groups in total. The topological polar surface area (TPSA) is 55.8 Å². The molecule has 0 fully saturated rings. The second-order valence-electron chi connectivity index (χ2n) is 2.19. The van der Waals surface area contributed by atoms with E-state index in [0.717, 1.165) is 5.57 Å². The molecule has 0 aliphatic rings. The molecule has 0 aromatic heterocycles. The Balaban J connectivity index is 3.93. The molecule has 1 atom stereocenters. The number of phosphoric ester groups is 1. The Morgan fingerprint density at radius 3 is 2.55 bits per heavy atom. The third-order valence-electron chi connectivity index (χ3n) is 0.714. The fraction of sp³-hybridized carbons (Fsp3) is 0.667. The normalized spacial score (nSPS) is 15.3. The average molecular weight is 180 g/mol. The first-order valence-electron chi connectivity index (χ1n) is 3.27. The van der Waals surface area contributed by atoms with Gasteiger partial charge in [-0.15, -0.1) is 0 Å². The number of allylic oxidation sites excluding steroid dienone is 1. The molecule has 0 saturated heterocycles. The molecule has 0 bridgehead atoms. The van der Waals surface area contributed by atoms with Crippen LogP contribution >= 0.6 is 7.82 Å². The van der Waals surface area contributed by atoms with Crippen molar-refractivity contribution >= 4 is 7.82 Å². The van der Waals surface area contributed by atoms with Gasteiger partial charge < -0.3 is 4.52 Å². The zero-order chi connectivity index (χ0) is 8.91. The first-order chi connectivity index (χ1) is 4.98. The Hall–Kier alpha value is -0.310. The van der Waals surface area contributed by atoms with Gasteiger partial charge in [-0.3, -0.25) is 9.42 Å². The highest BCUT2D eigenvalue weighted by atomic mass is 31.2. The van der Waals surface area contributed by atoms with Gasteiger partial charge in [-0.2, -0.15) is 0 Å². The van der Waals surface area contributed by atoms with E-state index < -0.39 is 7.82 Å². The maximum absolute atomic E-state index is 10.8. The number of hydrogen-bond acceptors (Lipinski definition) is 3. The van der Waals surface area contributed by atoms with Crippen LogP contribution in [0.4, 0.5) is 0 Å². The summed E-state index contributed by atoms with van der Waals surface area (Å²) in [7, 11) is -3.82. The number of phosphoric acid groups is 1. The van der Waals surface area contributed by atoms with Crippen molar-refractivity contribution in [3.05, 3.63) is 11.8 Å². The van der Waals surface area contributed by atoms with E-state index >= 15 is 0 Å².